The number of nitrogens with zero attached hydrogens (tertiary/aromatic N) is 4. The van der Waals surface area contributed by atoms with E-state index in [1.807, 2.05) is 32.2 Å². The summed E-state index contributed by atoms with van der Waals surface area (Å²) in [5.74, 6) is 2.40. The van der Waals surface area contributed by atoms with Gasteiger partial charge in [0, 0.05) is 13.6 Å². The Morgan fingerprint density at radius 3 is 2.75 bits per heavy atom. The topological polar surface area (TPSA) is 76.4 Å². The number of hydrogen-bond acceptors (Lipinski definition) is 4. The number of guanidine groups is 1. The Morgan fingerprint density at radius 1 is 1.38 bits per heavy atom. The molecule has 7 nitrogen and oxygen atoms in total. The number of aromatic nitrogens is 3. The molecule has 0 saturated heterocycles. The van der Waals surface area contributed by atoms with Crippen molar-refractivity contribution in [3.8, 4) is 5.75 Å². The SMILES string of the molecule is CCNC(=NCc1ccc(OC)c(Br)c1)NCc1ncnn1C.I. The molecule has 0 saturated carbocycles. The third kappa shape index (κ3) is 5.93. The second-order valence-corrected chi connectivity index (χ2v) is 5.67. The van der Waals surface area contributed by atoms with Crippen molar-refractivity contribution in [3.05, 3.63) is 40.4 Å². The van der Waals surface area contributed by atoms with Crippen LogP contribution in [0.15, 0.2) is 34.0 Å². The summed E-state index contributed by atoms with van der Waals surface area (Å²) in [6.45, 7) is 3.95. The Morgan fingerprint density at radius 2 is 2.17 bits per heavy atom. The zero-order chi connectivity index (χ0) is 16.7. The van der Waals surface area contributed by atoms with Crippen molar-refractivity contribution >= 4 is 45.9 Å². The van der Waals surface area contributed by atoms with E-state index < -0.39 is 0 Å². The van der Waals surface area contributed by atoms with Gasteiger partial charge in [-0.15, -0.1) is 24.0 Å². The van der Waals surface area contributed by atoms with Crippen LogP contribution in [0, 0.1) is 0 Å². The number of hydrogen-bond donors (Lipinski definition) is 2. The summed E-state index contributed by atoms with van der Waals surface area (Å²) in [4.78, 5) is 8.77. The molecule has 2 aromatic rings. The lowest BCUT2D eigenvalue weighted by atomic mass is 10.2. The fourth-order valence-corrected chi connectivity index (χ4v) is 2.55. The maximum absolute atomic E-state index is 5.23. The molecule has 0 aliphatic heterocycles. The molecule has 0 unspecified atom stereocenters. The van der Waals surface area contributed by atoms with Crippen LogP contribution in [0.25, 0.3) is 0 Å². The smallest absolute Gasteiger partial charge is 0.191 e. The standard InChI is InChI=1S/C15H21BrN6O.HI/c1-4-17-15(19-9-14-20-10-21-22(14)2)18-8-11-5-6-13(23-3)12(16)7-11;/h5-7,10H,4,8-9H2,1-3H3,(H2,17,18,19);1H. The molecule has 2 rings (SSSR count). The van der Waals surface area contributed by atoms with Gasteiger partial charge in [-0.1, -0.05) is 6.07 Å². The molecule has 0 amide bonds. The van der Waals surface area contributed by atoms with Gasteiger partial charge < -0.3 is 15.4 Å². The summed E-state index contributed by atoms with van der Waals surface area (Å²) in [5.41, 5.74) is 1.09. The van der Waals surface area contributed by atoms with E-state index in [0.717, 1.165) is 34.1 Å². The van der Waals surface area contributed by atoms with Crippen LogP contribution in [0.2, 0.25) is 0 Å². The highest BCUT2D eigenvalue weighted by molar-refractivity contribution is 14.0. The van der Waals surface area contributed by atoms with Crippen molar-refractivity contribution in [1.82, 2.24) is 25.4 Å². The lowest BCUT2D eigenvalue weighted by molar-refractivity contribution is 0.412. The first-order chi connectivity index (χ1) is 11.1. The normalized spacial score (nSPS) is 10.9. The highest BCUT2D eigenvalue weighted by Gasteiger charge is 2.04. The highest BCUT2D eigenvalue weighted by atomic mass is 127. The number of benzene rings is 1. The zero-order valence-electron chi connectivity index (χ0n) is 13.9. The van der Waals surface area contributed by atoms with E-state index in [4.69, 9.17) is 4.74 Å². The minimum absolute atomic E-state index is 0. The summed E-state index contributed by atoms with van der Waals surface area (Å²) < 4.78 is 7.89. The van der Waals surface area contributed by atoms with Gasteiger partial charge in [0.2, 0.25) is 0 Å². The van der Waals surface area contributed by atoms with E-state index in [1.165, 1.54) is 6.33 Å². The summed E-state index contributed by atoms with van der Waals surface area (Å²) in [5, 5.41) is 10.5. The van der Waals surface area contributed by atoms with Gasteiger partial charge in [0.25, 0.3) is 0 Å². The third-order valence-electron chi connectivity index (χ3n) is 3.20. The molecule has 0 fully saturated rings. The van der Waals surface area contributed by atoms with Crippen LogP contribution in [0.5, 0.6) is 5.75 Å². The molecule has 0 spiro atoms. The molecule has 24 heavy (non-hydrogen) atoms. The molecule has 0 aliphatic carbocycles. The van der Waals surface area contributed by atoms with Crippen molar-refractivity contribution in [2.75, 3.05) is 13.7 Å². The average molecular weight is 509 g/mol. The lowest BCUT2D eigenvalue weighted by Gasteiger charge is -2.11. The molecule has 0 radical (unpaired) electrons. The fourth-order valence-electron chi connectivity index (χ4n) is 1.96. The molecule has 0 atom stereocenters. The van der Waals surface area contributed by atoms with Crippen LogP contribution < -0.4 is 15.4 Å². The summed E-state index contributed by atoms with van der Waals surface area (Å²) in [6.07, 6.45) is 1.54. The fraction of sp³-hybridized carbons (Fsp3) is 0.400. The molecular formula is C15H22BrIN6O. The van der Waals surface area contributed by atoms with Crippen LogP contribution in [0.1, 0.15) is 18.3 Å². The van der Waals surface area contributed by atoms with E-state index in [2.05, 4.69) is 41.6 Å². The summed E-state index contributed by atoms with van der Waals surface area (Å²) in [6, 6.07) is 5.93. The molecule has 2 N–H and O–H groups in total. The van der Waals surface area contributed by atoms with Crippen LogP contribution >= 0.6 is 39.9 Å². The number of ether oxygens (including phenoxy) is 1. The Labute approximate surface area is 167 Å². The summed E-state index contributed by atoms with van der Waals surface area (Å²) in [7, 11) is 3.51. The van der Waals surface area contributed by atoms with Gasteiger partial charge in [-0.05, 0) is 40.5 Å². The maximum Gasteiger partial charge on any atom is 0.191 e. The Kier molecular flexibility index (Phi) is 9.04. The highest BCUT2D eigenvalue weighted by Crippen LogP contribution is 2.25. The number of nitrogens with one attached hydrogen (secondary N) is 2. The van der Waals surface area contributed by atoms with E-state index >= 15 is 0 Å². The first kappa shape index (κ1) is 20.7. The second-order valence-electron chi connectivity index (χ2n) is 4.82. The van der Waals surface area contributed by atoms with E-state index in [9.17, 15) is 0 Å². The van der Waals surface area contributed by atoms with Gasteiger partial charge >= 0.3 is 0 Å². The van der Waals surface area contributed by atoms with Crippen molar-refractivity contribution in [3.63, 3.8) is 0 Å². The predicted molar refractivity (Wildman–Crippen MR) is 109 cm³/mol. The van der Waals surface area contributed by atoms with Crippen molar-refractivity contribution in [2.24, 2.45) is 12.0 Å². The van der Waals surface area contributed by atoms with Crippen molar-refractivity contribution in [1.29, 1.82) is 0 Å². The summed E-state index contributed by atoms with van der Waals surface area (Å²) >= 11 is 3.49. The van der Waals surface area contributed by atoms with Crippen LogP contribution in [-0.4, -0.2) is 34.4 Å². The zero-order valence-corrected chi connectivity index (χ0v) is 17.8. The number of rotatable bonds is 6. The lowest BCUT2D eigenvalue weighted by Crippen LogP contribution is -2.37. The van der Waals surface area contributed by atoms with Crippen molar-refractivity contribution < 1.29 is 4.74 Å². The average Bonchev–Trinajstić information content (AvgIpc) is 2.95. The number of halogens is 2. The number of aliphatic imine (C=N–C) groups is 1. The quantitative estimate of drug-likeness (QED) is 0.356. The first-order valence-corrected chi connectivity index (χ1v) is 8.10. The first-order valence-electron chi connectivity index (χ1n) is 7.31. The number of methoxy groups -OCH3 is 1. The predicted octanol–water partition coefficient (Wildman–Crippen LogP) is 2.46. The molecule has 132 valence electrons. The molecule has 0 bridgehead atoms. The van der Waals surface area contributed by atoms with Crippen LogP contribution in [0.4, 0.5) is 0 Å². The molecule has 0 aliphatic rings. The second kappa shape index (κ2) is 10.5. The Hall–Kier alpha value is -1.36. The van der Waals surface area contributed by atoms with Crippen LogP contribution in [-0.2, 0) is 20.1 Å². The van der Waals surface area contributed by atoms with E-state index in [1.54, 1.807) is 11.8 Å². The Balaban J connectivity index is 0.00000288. The van der Waals surface area contributed by atoms with E-state index in [0.29, 0.717) is 13.1 Å². The van der Waals surface area contributed by atoms with Gasteiger partial charge in [0.1, 0.15) is 17.9 Å². The maximum atomic E-state index is 5.23. The molecule has 1 heterocycles. The van der Waals surface area contributed by atoms with Gasteiger partial charge in [-0.3, -0.25) is 4.68 Å². The monoisotopic (exact) mass is 508 g/mol. The van der Waals surface area contributed by atoms with Crippen molar-refractivity contribution in [2.45, 2.75) is 20.0 Å². The number of aryl methyl sites for hydroxylation is 1. The van der Waals surface area contributed by atoms with E-state index in [-0.39, 0.29) is 24.0 Å². The largest absolute Gasteiger partial charge is 0.496 e. The van der Waals surface area contributed by atoms with Gasteiger partial charge in [-0.2, -0.15) is 5.10 Å². The van der Waals surface area contributed by atoms with Crippen LogP contribution in [0.3, 0.4) is 0 Å². The molecular weight excluding hydrogens is 487 g/mol. The van der Waals surface area contributed by atoms with Gasteiger partial charge in [0.05, 0.1) is 24.7 Å². The molecule has 1 aromatic heterocycles. The van der Waals surface area contributed by atoms with Gasteiger partial charge in [0.15, 0.2) is 5.96 Å². The minimum Gasteiger partial charge on any atom is -0.496 e. The third-order valence-corrected chi connectivity index (χ3v) is 3.82. The Bertz CT molecular complexity index is 676. The molecule has 1 aromatic carbocycles. The molecule has 9 heteroatoms. The van der Waals surface area contributed by atoms with Gasteiger partial charge in [-0.25, -0.2) is 9.98 Å². The minimum atomic E-state index is 0.